The SMILES string of the molecule is Cc1ccc(CN(C)C(=O)c2cc(N)ccc2N(C)C)o1. The molecule has 2 aromatic rings. The Balaban J connectivity index is 2.24. The molecule has 2 N–H and O–H groups in total. The van der Waals surface area contributed by atoms with Crippen molar-refractivity contribution in [1.29, 1.82) is 0 Å². The molecule has 5 heteroatoms. The maximum absolute atomic E-state index is 12.6. The summed E-state index contributed by atoms with van der Waals surface area (Å²) < 4.78 is 5.51. The normalized spacial score (nSPS) is 10.5. The number of nitrogen functional groups attached to an aromatic ring is 1. The minimum Gasteiger partial charge on any atom is -0.464 e. The molecule has 0 aliphatic heterocycles. The van der Waals surface area contributed by atoms with Crippen molar-refractivity contribution in [3.05, 3.63) is 47.4 Å². The van der Waals surface area contributed by atoms with Crippen molar-refractivity contribution >= 4 is 17.3 Å². The summed E-state index contributed by atoms with van der Waals surface area (Å²) in [6.07, 6.45) is 0. The van der Waals surface area contributed by atoms with E-state index in [4.69, 9.17) is 10.2 Å². The molecule has 0 atom stereocenters. The lowest BCUT2D eigenvalue weighted by atomic mass is 10.1. The van der Waals surface area contributed by atoms with Crippen LogP contribution in [-0.4, -0.2) is 32.0 Å². The first-order chi connectivity index (χ1) is 9.88. The number of amides is 1. The maximum Gasteiger partial charge on any atom is 0.256 e. The summed E-state index contributed by atoms with van der Waals surface area (Å²) in [4.78, 5) is 16.2. The summed E-state index contributed by atoms with van der Waals surface area (Å²) in [6, 6.07) is 9.13. The highest BCUT2D eigenvalue weighted by molar-refractivity contribution is 6.00. The van der Waals surface area contributed by atoms with Crippen LogP contribution in [0.5, 0.6) is 0 Å². The van der Waals surface area contributed by atoms with Crippen LogP contribution >= 0.6 is 0 Å². The lowest BCUT2D eigenvalue weighted by molar-refractivity contribution is 0.0775. The summed E-state index contributed by atoms with van der Waals surface area (Å²) in [5.41, 5.74) is 7.82. The van der Waals surface area contributed by atoms with Gasteiger partial charge in [-0.05, 0) is 37.3 Å². The average Bonchev–Trinajstić information content (AvgIpc) is 2.82. The molecule has 2 rings (SSSR count). The van der Waals surface area contributed by atoms with E-state index in [9.17, 15) is 4.79 Å². The van der Waals surface area contributed by atoms with E-state index in [0.29, 0.717) is 17.8 Å². The van der Waals surface area contributed by atoms with Gasteiger partial charge in [-0.1, -0.05) is 0 Å². The molecule has 0 saturated carbocycles. The minimum atomic E-state index is -0.0833. The van der Waals surface area contributed by atoms with Crippen LogP contribution in [0.15, 0.2) is 34.7 Å². The quantitative estimate of drug-likeness (QED) is 0.878. The fraction of sp³-hybridized carbons (Fsp3) is 0.312. The number of aryl methyl sites for hydroxylation is 1. The van der Waals surface area contributed by atoms with E-state index in [1.807, 2.05) is 44.1 Å². The van der Waals surface area contributed by atoms with Gasteiger partial charge in [-0.25, -0.2) is 0 Å². The molecule has 21 heavy (non-hydrogen) atoms. The van der Waals surface area contributed by atoms with E-state index in [0.717, 1.165) is 17.2 Å². The molecule has 0 aliphatic carbocycles. The number of furan rings is 1. The number of rotatable bonds is 4. The first-order valence-corrected chi connectivity index (χ1v) is 6.76. The van der Waals surface area contributed by atoms with Crippen molar-refractivity contribution in [2.75, 3.05) is 31.8 Å². The monoisotopic (exact) mass is 287 g/mol. The molecule has 0 bridgehead atoms. The summed E-state index contributed by atoms with van der Waals surface area (Å²) in [6.45, 7) is 2.31. The molecule has 1 amide bonds. The fourth-order valence-electron chi connectivity index (χ4n) is 2.20. The Morgan fingerprint density at radius 1 is 1.19 bits per heavy atom. The Bertz CT molecular complexity index is 647. The van der Waals surface area contributed by atoms with Crippen LogP contribution in [0, 0.1) is 6.92 Å². The molecule has 0 unspecified atom stereocenters. The Kier molecular flexibility index (Phi) is 4.21. The van der Waals surface area contributed by atoms with Crippen molar-refractivity contribution in [1.82, 2.24) is 4.90 Å². The van der Waals surface area contributed by atoms with Gasteiger partial charge in [-0.3, -0.25) is 4.79 Å². The second-order valence-electron chi connectivity index (χ2n) is 5.34. The van der Waals surface area contributed by atoms with Crippen molar-refractivity contribution in [2.45, 2.75) is 13.5 Å². The third-order valence-corrected chi connectivity index (χ3v) is 3.27. The van der Waals surface area contributed by atoms with Crippen LogP contribution in [-0.2, 0) is 6.54 Å². The number of carbonyl (C=O) groups is 1. The van der Waals surface area contributed by atoms with Crippen LogP contribution < -0.4 is 10.6 Å². The van der Waals surface area contributed by atoms with Crippen LogP contribution in [0.4, 0.5) is 11.4 Å². The second kappa shape index (κ2) is 5.91. The zero-order valence-corrected chi connectivity index (χ0v) is 12.9. The number of hydrogen-bond donors (Lipinski definition) is 1. The van der Waals surface area contributed by atoms with E-state index in [1.165, 1.54) is 0 Å². The Morgan fingerprint density at radius 3 is 2.48 bits per heavy atom. The summed E-state index contributed by atoms with van der Waals surface area (Å²) in [5, 5.41) is 0. The van der Waals surface area contributed by atoms with Crippen LogP contribution in [0.3, 0.4) is 0 Å². The molecule has 0 saturated heterocycles. The molecule has 5 nitrogen and oxygen atoms in total. The first-order valence-electron chi connectivity index (χ1n) is 6.76. The van der Waals surface area contributed by atoms with Gasteiger partial charge in [0, 0.05) is 32.5 Å². The highest BCUT2D eigenvalue weighted by atomic mass is 16.3. The van der Waals surface area contributed by atoms with Crippen LogP contribution in [0.2, 0.25) is 0 Å². The van der Waals surface area contributed by atoms with Gasteiger partial charge < -0.3 is 20.0 Å². The Hall–Kier alpha value is -2.43. The van der Waals surface area contributed by atoms with E-state index in [2.05, 4.69) is 0 Å². The van der Waals surface area contributed by atoms with Crippen molar-refractivity contribution in [3.8, 4) is 0 Å². The van der Waals surface area contributed by atoms with Crippen molar-refractivity contribution in [2.24, 2.45) is 0 Å². The van der Waals surface area contributed by atoms with Gasteiger partial charge in [0.25, 0.3) is 5.91 Å². The number of anilines is 2. The number of carbonyl (C=O) groups excluding carboxylic acids is 1. The maximum atomic E-state index is 12.6. The topological polar surface area (TPSA) is 62.7 Å². The van der Waals surface area contributed by atoms with Gasteiger partial charge in [-0.2, -0.15) is 0 Å². The first kappa shape index (κ1) is 15.0. The second-order valence-corrected chi connectivity index (χ2v) is 5.34. The zero-order valence-electron chi connectivity index (χ0n) is 12.9. The molecule has 1 aromatic carbocycles. The van der Waals surface area contributed by atoms with Gasteiger partial charge >= 0.3 is 0 Å². The molecule has 0 radical (unpaired) electrons. The molecule has 1 aromatic heterocycles. The van der Waals surface area contributed by atoms with E-state index >= 15 is 0 Å². The number of benzene rings is 1. The lowest BCUT2D eigenvalue weighted by Gasteiger charge is -2.21. The highest BCUT2D eigenvalue weighted by Gasteiger charge is 2.18. The molecular weight excluding hydrogens is 266 g/mol. The van der Waals surface area contributed by atoms with Gasteiger partial charge in [0.15, 0.2) is 0 Å². The third-order valence-electron chi connectivity index (χ3n) is 3.27. The predicted octanol–water partition coefficient (Wildman–Crippen LogP) is 2.51. The molecular formula is C16H21N3O2. The molecule has 0 spiro atoms. The van der Waals surface area contributed by atoms with Crippen LogP contribution in [0.1, 0.15) is 21.9 Å². The average molecular weight is 287 g/mol. The third kappa shape index (κ3) is 3.37. The molecule has 0 fully saturated rings. The number of hydrogen-bond acceptors (Lipinski definition) is 4. The summed E-state index contributed by atoms with van der Waals surface area (Å²) >= 11 is 0. The van der Waals surface area contributed by atoms with E-state index in [-0.39, 0.29) is 5.91 Å². The zero-order chi connectivity index (χ0) is 15.6. The van der Waals surface area contributed by atoms with E-state index < -0.39 is 0 Å². The summed E-state index contributed by atoms with van der Waals surface area (Å²) in [5.74, 6) is 1.52. The minimum absolute atomic E-state index is 0.0833. The van der Waals surface area contributed by atoms with Gasteiger partial charge in [-0.15, -0.1) is 0 Å². The number of nitrogens with two attached hydrogens (primary N) is 1. The smallest absolute Gasteiger partial charge is 0.256 e. The van der Waals surface area contributed by atoms with Crippen molar-refractivity contribution in [3.63, 3.8) is 0 Å². The van der Waals surface area contributed by atoms with Gasteiger partial charge in [0.05, 0.1) is 12.1 Å². The summed E-state index contributed by atoms with van der Waals surface area (Å²) in [7, 11) is 5.55. The Morgan fingerprint density at radius 2 is 1.90 bits per heavy atom. The predicted molar refractivity (Wildman–Crippen MR) is 84.4 cm³/mol. The molecule has 0 aliphatic rings. The number of nitrogens with zero attached hydrogens (tertiary/aromatic N) is 2. The Labute approximate surface area is 124 Å². The van der Waals surface area contributed by atoms with E-state index in [1.54, 1.807) is 24.1 Å². The molecule has 1 heterocycles. The van der Waals surface area contributed by atoms with Crippen LogP contribution in [0.25, 0.3) is 0 Å². The van der Waals surface area contributed by atoms with Crippen molar-refractivity contribution < 1.29 is 9.21 Å². The standard InChI is InChI=1S/C16H21N3O2/c1-11-5-7-13(21-11)10-19(4)16(20)14-9-12(17)6-8-15(14)18(2)3/h5-9H,10,17H2,1-4H3. The highest BCUT2D eigenvalue weighted by Crippen LogP contribution is 2.23. The van der Waals surface area contributed by atoms with Gasteiger partial charge in [0.2, 0.25) is 0 Å². The fourth-order valence-corrected chi connectivity index (χ4v) is 2.20. The van der Waals surface area contributed by atoms with Gasteiger partial charge in [0.1, 0.15) is 11.5 Å². The lowest BCUT2D eigenvalue weighted by Crippen LogP contribution is -2.28. The largest absolute Gasteiger partial charge is 0.464 e. The molecule has 112 valence electrons.